The molecule has 0 fully saturated rings. The number of carboxylic acid groups (broad SMARTS) is 1. The molecule has 0 heterocycles. The molecule has 4 heteroatoms. The van der Waals surface area contributed by atoms with E-state index in [9.17, 15) is 10.0 Å². The van der Waals surface area contributed by atoms with Crippen molar-refractivity contribution in [1.82, 2.24) is 0 Å². The first-order chi connectivity index (χ1) is 12.8. The number of carbonyl (C=O) groups is 1. The highest BCUT2D eigenvalue weighted by Gasteiger charge is 2.27. The Morgan fingerprint density at radius 1 is 1.11 bits per heavy atom. The van der Waals surface area contributed by atoms with E-state index in [0.717, 1.165) is 17.5 Å². The number of carboxylic acids is 1. The van der Waals surface area contributed by atoms with E-state index in [2.05, 4.69) is 44.1 Å². The van der Waals surface area contributed by atoms with Crippen LogP contribution in [0.4, 0.5) is 0 Å². The van der Waals surface area contributed by atoms with Gasteiger partial charge in [0.1, 0.15) is 5.71 Å². The SMILES string of the molecule is CC1=CCC(C)(C)c2cc(C(/C=C/c3ccc(C(=O)O)cc3)=NO)ccc21. The number of hydrogen-bond donors (Lipinski definition) is 2. The van der Waals surface area contributed by atoms with Crippen LogP contribution in [0.1, 0.15) is 59.8 Å². The van der Waals surface area contributed by atoms with Gasteiger partial charge in [-0.05, 0) is 65.3 Å². The number of aromatic carboxylic acids is 1. The van der Waals surface area contributed by atoms with Gasteiger partial charge in [0, 0.05) is 5.56 Å². The number of hydrogen-bond acceptors (Lipinski definition) is 3. The van der Waals surface area contributed by atoms with Crippen molar-refractivity contribution >= 4 is 23.3 Å². The van der Waals surface area contributed by atoms with Crippen LogP contribution in [0.2, 0.25) is 0 Å². The topological polar surface area (TPSA) is 69.9 Å². The third-order valence-corrected chi connectivity index (χ3v) is 5.09. The average molecular weight is 361 g/mol. The summed E-state index contributed by atoms with van der Waals surface area (Å²) < 4.78 is 0. The molecule has 27 heavy (non-hydrogen) atoms. The summed E-state index contributed by atoms with van der Waals surface area (Å²) in [5.74, 6) is -0.954. The van der Waals surface area contributed by atoms with Crippen LogP contribution < -0.4 is 0 Å². The van der Waals surface area contributed by atoms with Gasteiger partial charge >= 0.3 is 5.97 Å². The largest absolute Gasteiger partial charge is 0.478 e. The van der Waals surface area contributed by atoms with Crippen molar-refractivity contribution in [3.8, 4) is 0 Å². The molecule has 0 aromatic heterocycles. The maximum Gasteiger partial charge on any atom is 0.335 e. The zero-order valence-corrected chi connectivity index (χ0v) is 15.7. The molecular weight excluding hydrogens is 338 g/mol. The number of allylic oxidation sites excluding steroid dienone is 3. The third kappa shape index (κ3) is 3.85. The summed E-state index contributed by atoms with van der Waals surface area (Å²) >= 11 is 0. The molecule has 0 bridgehead atoms. The van der Waals surface area contributed by atoms with Gasteiger partial charge in [0.15, 0.2) is 0 Å². The van der Waals surface area contributed by atoms with Gasteiger partial charge in [-0.3, -0.25) is 0 Å². The average Bonchev–Trinajstić information content (AvgIpc) is 2.66. The second kappa shape index (κ2) is 7.23. The minimum absolute atomic E-state index is 0.0296. The molecule has 2 aromatic rings. The van der Waals surface area contributed by atoms with Crippen LogP contribution in [-0.4, -0.2) is 22.0 Å². The fraction of sp³-hybridized carbons (Fsp3) is 0.217. The van der Waals surface area contributed by atoms with Crippen LogP contribution in [0, 0.1) is 0 Å². The second-order valence-corrected chi connectivity index (χ2v) is 7.48. The maximum atomic E-state index is 10.9. The summed E-state index contributed by atoms with van der Waals surface area (Å²) in [4.78, 5) is 10.9. The van der Waals surface area contributed by atoms with Crippen LogP contribution in [-0.2, 0) is 5.41 Å². The molecule has 1 aliphatic rings. The molecule has 3 rings (SSSR count). The Kier molecular flexibility index (Phi) is 5.00. The van der Waals surface area contributed by atoms with Crippen LogP contribution in [0.15, 0.2) is 59.8 Å². The molecule has 0 amide bonds. The van der Waals surface area contributed by atoms with E-state index in [0.29, 0.717) is 5.71 Å². The summed E-state index contributed by atoms with van der Waals surface area (Å²) in [6.07, 6.45) is 6.78. The molecule has 138 valence electrons. The van der Waals surface area contributed by atoms with E-state index in [1.165, 1.54) is 16.7 Å². The van der Waals surface area contributed by atoms with Gasteiger partial charge in [-0.15, -0.1) is 0 Å². The number of nitrogens with zero attached hydrogens (tertiary/aromatic N) is 1. The molecular formula is C23H23NO3. The van der Waals surface area contributed by atoms with Gasteiger partial charge in [-0.2, -0.15) is 0 Å². The molecule has 1 aliphatic carbocycles. The van der Waals surface area contributed by atoms with E-state index in [1.807, 2.05) is 6.07 Å². The van der Waals surface area contributed by atoms with Crippen molar-refractivity contribution in [2.45, 2.75) is 32.6 Å². The van der Waals surface area contributed by atoms with E-state index in [1.54, 1.807) is 36.4 Å². The Labute approximate surface area is 159 Å². The first kappa shape index (κ1) is 18.6. The molecule has 0 aliphatic heterocycles. The minimum Gasteiger partial charge on any atom is -0.478 e. The Morgan fingerprint density at radius 3 is 2.41 bits per heavy atom. The summed E-state index contributed by atoms with van der Waals surface area (Å²) in [5.41, 5.74) is 6.16. The fourth-order valence-corrected chi connectivity index (χ4v) is 3.33. The number of fused-ring (bicyclic) bond motifs is 1. The lowest BCUT2D eigenvalue weighted by atomic mass is 9.73. The highest BCUT2D eigenvalue weighted by atomic mass is 16.4. The molecule has 0 atom stereocenters. The zero-order chi connectivity index (χ0) is 19.6. The van der Waals surface area contributed by atoms with Crippen molar-refractivity contribution in [3.63, 3.8) is 0 Å². The van der Waals surface area contributed by atoms with Crippen LogP contribution in [0.25, 0.3) is 11.6 Å². The Hall–Kier alpha value is -3.14. The molecule has 0 saturated carbocycles. The van der Waals surface area contributed by atoms with Crippen molar-refractivity contribution in [2.75, 3.05) is 0 Å². The smallest absolute Gasteiger partial charge is 0.335 e. The lowest BCUT2D eigenvalue weighted by Gasteiger charge is -2.31. The van der Waals surface area contributed by atoms with Crippen molar-refractivity contribution in [1.29, 1.82) is 0 Å². The molecule has 4 nitrogen and oxygen atoms in total. The lowest BCUT2D eigenvalue weighted by molar-refractivity contribution is 0.0697. The molecule has 0 saturated heterocycles. The number of rotatable bonds is 4. The summed E-state index contributed by atoms with van der Waals surface area (Å²) in [7, 11) is 0. The summed E-state index contributed by atoms with van der Waals surface area (Å²) in [5, 5.41) is 21.9. The zero-order valence-electron chi connectivity index (χ0n) is 15.7. The molecule has 0 unspecified atom stereocenters. The minimum atomic E-state index is -0.954. The van der Waals surface area contributed by atoms with Crippen molar-refractivity contribution in [2.24, 2.45) is 5.16 Å². The summed E-state index contributed by atoms with van der Waals surface area (Å²) in [6, 6.07) is 12.7. The predicted octanol–water partition coefficient (Wildman–Crippen LogP) is 5.36. The normalized spacial score (nSPS) is 16.1. The monoisotopic (exact) mass is 361 g/mol. The maximum absolute atomic E-state index is 10.9. The highest BCUT2D eigenvalue weighted by molar-refractivity contribution is 6.10. The summed E-state index contributed by atoms with van der Waals surface area (Å²) in [6.45, 7) is 6.55. The molecule has 2 N–H and O–H groups in total. The lowest BCUT2D eigenvalue weighted by Crippen LogP contribution is -2.21. The van der Waals surface area contributed by atoms with Crippen LogP contribution >= 0.6 is 0 Å². The standard InChI is InChI=1S/C23H23NO3/c1-15-12-13-23(2,3)20-14-18(9-10-19(15)20)21(24-27)11-6-16-4-7-17(8-5-16)22(25)26/h4-12,14,27H,13H2,1-3H3,(H,25,26)/b11-6+,24-21?. The molecule has 2 aromatic carbocycles. The van der Waals surface area contributed by atoms with Crippen LogP contribution in [0.5, 0.6) is 0 Å². The number of benzene rings is 2. The van der Waals surface area contributed by atoms with E-state index >= 15 is 0 Å². The predicted molar refractivity (Wildman–Crippen MR) is 108 cm³/mol. The fourth-order valence-electron chi connectivity index (χ4n) is 3.33. The number of oxime groups is 1. The van der Waals surface area contributed by atoms with E-state index < -0.39 is 5.97 Å². The Morgan fingerprint density at radius 2 is 1.78 bits per heavy atom. The Balaban J connectivity index is 1.91. The van der Waals surface area contributed by atoms with Crippen molar-refractivity contribution < 1.29 is 15.1 Å². The van der Waals surface area contributed by atoms with Crippen molar-refractivity contribution in [3.05, 3.63) is 82.4 Å². The quantitative estimate of drug-likeness (QED) is 0.437. The van der Waals surface area contributed by atoms with Gasteiger partial charge in [0.2, 0.25) is 0 Å². The van der Waals surface area contributed by atoms with Gasteiger partial charge in [-0.25, -0.2) is 4.79 Å². The van der Waals surface area contributed by atoms with Crippen LogP contribution in [0.3, 0.4) is 0 Å². The Bertz CT molecular complexity index is 964. The van der Waals surface area contributed by atoms with Gasteiger partial charge < -0.3 is 10.3 Å². The highest BCUT2D eigenvalue weighted by Crippen LogP contribution is 2.39. The molecule has 0 spiro atoms. The second-order valence-electron chi connectivity index (χ2n) is 7.48. The van der Waals surface area contributed by atoms with Gasteiger partial charge in [0.25, 0.3) is 0 Å². The van der Waals surface area contributed by atoms with Gasteiger partial charge in [-0.1, -0.05) is 55.4 Å². The first-order valence-corrected chi connectivity index (χ1v) is 8.87. The molecule has 0 radical (unpaired) electrons. The van der Waals surface area contributed by atoms with E-state index in [4.69, 9.17) is 5.11 Å². The first-order valence-electron chi connectivity index (χ1n) is 8.87. The van der Waals surface area contributed by atoms with Gasteiger partial charge in [0.05, 0.1) is 5.56 Å². The third-order valence-electron chi connectivity index (χ3n) is 5.09. The van der Waals surface area contributed by atoms with E-state index in [-0.39, 0.29) is 11.0 Å².